The second-order valence-electron chi connectivity index (χ2n) is 9.55. The number of amides is 1. The van der Waals surface area contributed by atoms with Gasteiger partial charge in [0.1, 0.15) is 0 Å². The largest absolute Gasteiger partial charge is 0.369 e. The van der Waals surface area contributed by atoms with Crippen molar-refractivity contribution in [2.75, 3.05) is 44.2 Å². The highest BCUT2D eigenvalue weighted by molar-refractivity contribution is 6.04. The Kier molecular flexibility index (Phi) is 7.63. The van der Waals surface area contributed by atoms with Crippen LogP contribution in [0.5, 0.6) is 0 Å². The fraction of sp³-hybridized carbons (Fsp3) is 0.444. The minimum absolute atomic E-state index is 0.148. The molecule has 2 heterocycles. The molecule has 1 fully saturated rings. The molecular weight excluding hydrogens is 426 g/mol. The maximum Gasteiger partial charge on any atom is 0.274 e. The van der Waals surface area contributed by atoms with Gasteiger partial charge in [0.05, 0.1) is 5.39 Å². The number of fused-ring (bicyclic) bond motifs is 1. The highest BCUT2D eigenvalue weighted by Crippen LogP contribution is 2.18. The van der Waals surface area contributed by atoms with Gasteiger partial charge in [-0.3, -0.25) is 14.5 Å². The molecule has 0 saturated carbocycles. The summed E-state index contributed by atoms with van der Waals surface area (Å²) in [5.74, 6) is 0.0339. The van der Waals surface area contributed by atoms with Crippen molar-refractivity contribution >= 4 is 22.4 Å². The Morgan fingerprint density at radius 1 is 1.03 bits per heavy atom. The highest BCUT2D eigenvalue weighted by Gasteiger charge is 2.19. The lowest BCUT2D eigenvalue weighted by Gasteiger charge is -2.36. The van der Waals surface area contributed by atoms with Gasteiger partial charge in [0, 0.05) is 50.3 Å². The summed E-state index contributed by atoms with van der Waals surface area (Å²) in [6, 6.07) is 15.9. The number of nitrogens with one attached hydrogen (secondary N) is 1. The Hall–Kier alpha value is -3.19. The van der Waals surface area contributed by atoms with Crippen LogP contribution in [-0.2, 0) is 6.54 Å². The maximum absolute atomic E-state index is 13.0. The van der Waals surface area contributed by atoms with Crippen LogP contribution in [-0.4, -0.2) is 59.9 Å². The number of hydrogen-bond acceptors (Lipinski definition) is 5. The first kappa shape index (κ1) is 24.0. The molecule has 4 rings (SSSR count). The first-order chi connectivity index (χ1) is 16.4. The molecule has 1 aliphatic heterocycles. The molecule has 3 aromatic rings. The van der Waals surface area contributed by atoms with Crippen LogP contribution >= 0.6 is 0 Å². The number of hydrogen-bond donors (Lipinski definition) is 1. The van der Waals surface area contributed by atoms with Crippen LogP contribution in [0.1, 0.15) is 36.3 Å². The fourth-order valence-electron chi connectivity index (χ4n) is 4.52. The van der Waals surface area contributed by atoms with Gasteiger partial charge in [0.2, 0.25) is 0 Å². The quantitative estimate of drug-likeness (QED) is 0.521. The van der Waals surface area contributed by atoms with Gasteiger partial charge in [-0.25, -0.2) is 4.68 Å². The van der Waals surface area contributed by atoms with Gasteiger partial charge >= 0.3 is 0 Å². The van der Waals surface area contributed by atoms with Crippen molar-refractivity contribution in [2.45, 2.75) is 33.7 Å². The van der Waals surface area contributed by atoms with Crippen LogP contribution in [0.2, 0.25) is 0 Å². The zero-order valence-electron chi connectivity index (χ0n) is 20.5. The summed E-state index contributed by atoms with van der Waals surface area (Å²) >= 11 is 0. The number of carbonyl (C=O) groups is 1. The van der Waals surface area contributed by atoms with Crippen molar-refractivity contribution in [3.8, 4) is 0 Å². The van der Waals surface area contributed by atoms with E-state index >= 15 is 0 Å². The van der Waals surface area contributed by atoms with Crippen molar-refractivity contribution in [3.05, 3.63) is 70.1 Å². The number of aryl methyl sites for hydroxylation is 1. The van der Waals surface area contributed by atoms with Gasteiger partial charge in [-0.15, -0.1) is 0 Å². The number of piperazine rings is 1. The van der Waals surface area contributed by atoms with E-state index in [1.54, 1.807) is 12.1 Å². The third-order valence-corrected chi connectivity index (χ3v) is 6.30. The zero-order chi connectivity index (χ0) is 24.1. The van der Waals surface area contributed by atoms with E-state index in [1.165, 1.54) is 15.9 Å². The summed E-state index contributed by atoms with van der Waals surface area (Å²) in [5.41, 5.74) is 2.76. The first-order valence-corrected chi connectivity index (χ1v) is 12.2. The minimum Gasteiger partial charge on any atom is -0.369 e. The van der Waals surface area contributed by atoms with E-state index in [1.807, 2.05) is 26.0 Å². The molecular formula is C27H35N5O2. The number of rotatable bonds is 8. The van der Waals surface area contributed by atoms with Gasteiger partial charge in [-0.05, 0) is 49.6 Å². The highest BCUT2D eigenvalue weighted by atomic mass is 16.2. The number of aromatic nitrogens is 2. The maximum atomic E-state index is 13.0. The third-order valence-electron chi connectivity index (χ3n) is 6.30. The normalized spacial score (nSPS) is 14.6. The van der Waals surface area contributed by atoms with E-state index < -0.39 is 0 Å². The van der Waals surface area contributed by atoms with E-state index in [-0.39, 0.29) is 17.4 Å². The molecule has 1 saturated heterocycles. The third kappa shape index (κ3) is 5.65. The van der Waals surface area contributed by atoms with Crippen molar-refractivity contribution < 1.29 is 4.79 Å². The molecule has 1 aliphatic rings. The average molecular weight is 462 g/mol. The molecule has 7 nitrogen and oxygen atoms in total. The van der Waals surface area contributed by atoms with E-state index in [4.69, 9.17) is 0 Å². The minimum atomic E-state index is -0.224. The van der Waals surface area contributed by atoms with Crippen molar-refractivity contribution in [3.63, 3.8) is 0 Å². The Labute approximate surface area is 201 Å². The summed E-state index contributed by atoms with van der Waals surface area (Å²) in [6.07, 6.45) is 0.875. The van der Waals surface area contributed by atoms with Crippen molar-refractivity contribution in [1.29, 1.82) is 0 Å². The van der Waals surface area contributed by atoms with E-state index in [0.29, 0.717) is 29.6 Å². The number of benzene rings is 2. The Morgan fingerprint density at radius 3 is 2.47 bits per heavy atom. The van der Waals surface area contributed by atoms with Gasteiger partial charge in [-0.2, -0.15) is 5.10 Å². The molecule has 0 radical (unpaired) electrons. The van der Waals surface area contributed by atoms with Crippen LogP contribution in [0.4, 0.5) is 5.69 Å². The number of nitrogens with zero attached hydrogens (tertiary/aromatic N) is 4. The van der Waals surface area contributed by atoms with E-state index in [2.05, 4.69) is 51.4 Å². The summed E-state index contributed by atoms with van der Waals surface area (Å²) < 4.78 is 1.43. The van der Waals surface area contributed by atoms with Crippen LogP contribution in [0.3, 0.4) is 0 Å². The van der Waals surface area contributed by atoms with Crippen LogP contribution < -0.4 is 15.8 Å². The summed E-state index contributed by atoms with van der Waals surface area (Å²) in [4.78, 5) is 30.6. The Balaban J connectivity index is 1.31. The summed E-state index contributed by atoms with van der Waals surface area (Å²) in [5, 5.41) is 8.59. The van der Waals surface area contributed by atoms with Crippen molar-refractivity contribution in [1.82, 2.24) is 20.0 Å². The number of anilines is 1. The Bertz CT molecular complexity index is 1200. The van der Waals surface area contributed by atoms with Gasteiger partial charge in [0.15, 0.2) is 5.69 Å². The number of carbonyl (C=O) groups excluding carboxylic acids is 1. The fourth-order valence-corrected chi connectivity index (χ4v) is 4.52. The molecule has 180 valence electrons. The Morgan fingerprint density at radius 2 is 1.76 bits per heavy atom. The summed E-state index contributed by atoms with van der Waals surface area (Å²) in [7, 11) is 0. The van der Waals surface area contributed by atoms with Gasteiger partial charge in [0.25, 0.3) is 11.5 Å². The lowest BCUT2D eigenvalue weighted by Crippen LogP contribution is -2.47. The average Bonchev–Trinajstić information content (AvgIpc) is 2.83. The predicted octanol–water partition coefficient (Wildman–Crippen LogP) is 3.30. The van der Waals surface area contributed by atoms with Gasteiger partial charge < -0.3 is 10.2 Å². The second kappa shape index (κ2) is 10.8. The zero-order valence-corrected chi connectivity index (χ0v) is 20.5. The van der Waals surface area contributed by atoms with Crippen molar-refractivity contribution in [2.24, 2.45) is 5.92 Å². The SMILES string of the molecule is Cc1cccc(N2CCN(CCCNC(=O)c3nn(CC(C)C)c(=O)c4ccccc34)CC2)c1. The first-order valence-electron chi connectivity index (χ1n) is 12.2. The molecule has 2 aromatic carbocycles. The molecule has 34 heavy (non-hydrogen) atoms. The predicted molar refractivity (Wildman–Crippen MR) is 138 cm³/mol. The van der Waals surface area contributed by atoms with Crippen LogP contribution in [0.25, 0.3) is 10.8 Å². The monoisotopic (exact) mass is 461 g/mol. The van der Waals surface area contributed by atoms with Crippen LogP contribution in [0, 0.1) is 12.8 Å². The molecule has 0 spiro atoms. The molecule has 7 heteroatoms. The molecule has 1 amide bonds. The molecule has 0 atom stereocenters. The van der Waals surface area contributed by atoms with E-state index in [9.17, 15) is 9.59 Å². The smallest absolute Gasteiger partial charge is 0.274 e. The molecule has 0 aliphatic carbocycles. The van der Waals surface area contributed by atoms with Crippen LogP contribution in [0.15, 0.2) is 53.3 Å². The molecule has 1 aromatic heterocycles. The topological polar surface area (TPSA) is 70.5 Å². The lowest BCUT2D eigenvalue weighted by atomic mass is 10.1. The molecule has 0 unspecified atom stereocenters. The standard InChI is InChI=1S/C27H35N5O2/c1-20(2)19-32-27(34)24-11-5-4-10-23(24)25(29-32)26(33)28-12-7-13-30-14-16-31(17-15-30)22-9-6-8-21(3)18-22/h4-6,8-11,18,20H,7,12-17,19H2,1-3H3,(H,28,33). The lowest BCUT2D eigenvalue weighted by molar-refractivity contribution is 0.0945. The summed E-state index contributed by atoms with van der Waals surface area (Å²) in [6.45, 7) is 12.3. The van der Waals surface area contributed by atoms with E-state index in [0.717, 1.165) is 39.1 Å². The second-order valence-corrected chi connectivity index (χ2v) is 9.55. The van der Waals surface area contributed by atoms with Gasteiger partial charge in [-0.1, -0.05) is 44.2 Å². The molecule has 0 bridgehead atoms. The molecule has 1 N–H and O–H groups in total.